The highest BCUT2D eigenvalue weighted by Gasteiger charge is 2.63. The van der Waals surface area contributed by atoms with Crippen molar-refractivity contribution in [2.75, 3.05) is 6.61 Å². The number of aliphatic hydroxyl groups is 2. The Morgan fingerprint density at radius 3 is 2.59 bits per heavy atom. The molecule has 10 atom stereocenters. The maximum Gasteiger partial charge on any atom is 0.305 e. The van der Waals surface area contributed by atoms with Crippen LogP contribution in [0.2, 0.25) is 0 Å². The summed E-state index contributed by atoms with van der Waals surface area (Å²) in [7, 11) is 0. The van der Waals surface area contributed by atoms with Gasteiger partial charge in [0.25, 0.3) is 0 Å². The van der Waals surface area contributed by atoms with Crippen molar-refractivity contribution in [1.29, 1.82) is 0 Å². The molecule has 32 heavy (non-hydrogen) atoms. The molecule has 2 N–H and O–H groups in total. The first-order valence-electron chi connectivity index (χ1n) is 13.7. The predicted molar refractivity (Wildman–Crippen MR) is 127 cm³/mol. The molecule has 0 heterocycles. The summed E-state index contributed by atoms with van der Waals surface area (Å²) < 4.78 is 5.38. The molecule has 0 spiro atoms. The molecule has 4 aliphatic rings. The molecule has 0 saturated heterocycles. The van der Waals surface area contributed by atoms with Crippen LogP contribution in [-0.4, -0.2) is 35.0 Å². The van der Waals surface area contributed by atoms with Crippen LogP contribution in [0.3, 0.4) is 0 Å². The van der Waals surface area contributed by atoms with Gasteiger partial charge in [0.1, 0.15) is 0 Å². The second kappa shape index (κ2) is 9.56. The topological polar surface area (TPSA) is 66.8 Å². The third-order valence-corrected chi connectivity index (χ3v) is 11.1. The van der Waals surface area contributed by atoms with Gasteiger partial charge >= 0.3 is 5.97 Å². The van der Waals surface area contributed by atoms with Crippen LogP contribution in [0.15, 0.2) is 0 Å². The number of unbranched alkanes of at least 4 members (excludes halogenated alkanes) is 1. The van der Waals surface area contributed by atoms with Crippen molar-refractivity contribution in [3.63, 3.8) is 0 Å². The third kappa shape index (κ3) is 4.17. The standard InChI is InChI=1S/C28H48O4/c1-5-6-15-32-26(31)12-7-18(2)22-10-11-23-21-9-8-19-16-20(29)13-14-27(19,3)24(21)17-25(30)28(22,23)4/h18-25,29-30H,5-17H2,1-4H3/t18-,19-,20-,21+,22-,23+,24+,25+,27+,28-/m1/s1. The lowest BCUT2D eigenvalue weighted by atomic mass is 9.43. The van der Waals surface area contributed by atoms with E-state index in [0.717, 1.165) is 50.9 Å². The van der Waals surface area contributed by atoms with Crippen LogP contribution in [0.25, 0.3) is 0 Å². The Hall–Kier alpha value is -0.610. The smallest absolute Gasteiger partial charge is 0.305 e. The van der Waals surface area contributed by atoms with Crippen molar-refractivity contribution in [3.8, 4) is 0 Å². The van der Waals surface area contributed by atoms with E-state index in [1.807, 2.05) is 0 Å². The van der Waals surface area contributed by atoms with Gasteiger partial charge in [0.2, 0.25) is 0 Å². The summed E-state index contributed by atoms with van der Waals surface area (Å²) in [6.45, 7) is 9.82. The number of carbonyl (C=O) groups excluding carboxylic acids is 1. The molecule has 0 aliphatic heterocycles. The second-order valence-electron chi connectivity index (χ2n) is 12.5. The zero-order valence-electron chi connectivity index (χ0n) is 21.0. The quantitative estimate of drug-likeness (QED) is 0.385. The van der Waals surface area contributed by atoms with Gasteiger partial charge in [0.15, 0.2) is 0 Å². The maximum absolute atomic E-state index is 12.2. The highest BCUT2D eigenvalue weighted by atomic mass is 16.5. The minimum Gasteiger partial charge on any atom is -0.466 e. The average Bonchev–Trinajstić information content (AvgIpc) is 3.12. The Balaban J connectivity index is 1.43. The molecule has 0 bridgehead atoms. The van der Waals surface area contributed by atoms with E-state index in [1.165, 1.54) is 25.7 Å². The summed E-state index contributed by atoms with van der Waals surface area (Å²) in [5.41, 5.74) is 0.264. The predicted octanol–water partition coefficient (Wildman–Crippen LogP) is 5.74. The van der Waals surface area contributed by atoms with Gasteiger partial charge in [-0.15, -0.1) is 0 Å². The van der Waals surface area contributed by atoms with E-state index in [2.05, 4.69) is 27.7 Å². The first-order chi connectivity index (χ1) is 15.2. The van der Waals surface area contributed by atoms with Crippen LogP contribution >= 0.6 is 0 Å². The molecule has 4 fully saturated rings. The highest BCUT2D eigenvalue weighted by molar-refractivity contribution is 5.69. The summed E-state index contributed by atoms with van der Waals surface area (Å²) in [6, 6.07) is 0. The van der Waals surface area contributed by atoms with Crippen LogP contribution in [0, 0.1) is 46.3 Å². The Kier molecular flexibility index (Phi) is 7.33. The molecule has 0 aromatic rings. The highest BCUT2D eigenvalue weighted by Crippen LogP contribution is 2.68. The molecule has 184 valence electrons. The van der Waals surface area contributed by atoms with Gasteiger partial charge in [0, 0.05) is 6.42 Å². The van der Waals surface area contributed by atoms with Gasteiger partial charge in [-0.3, -0.25) is 4.79 Å². The Labute approximate surface area is 195 Å². The van der Waals surface area contributed by atoms with Crippen molar-refractivity contribution in [3.05, 3.63) is 0 Å². The van der Waals surface area contributed by atoms with Gasteiger partial charge in [-0.2, -0.15) is 0 Å². The largest absolute Gasteiger partial charge is 0.466 e. The SMILES string of the molecule is CCCCOC(=O)CC[C@@H](C)[C@H]1CC[C@H]2[C@@H]3CC[C@@H]4C[C@H](O)CC[C@]4(C)[C@H]3C[C@H](O)[C@]12C. The van der Waals surface area contributed by atoms with Crippen molar-refractivity contribution in [2.45, 2.75) is 117 Å². The number of carbonyl (C=O) groups is 1. The number of esters is 1. The van der Waals surface area contributed by atoms with E-state index >= 15 is 0 Å². The van der Waals surface area contributed by atoms with E-state index in [4.69, 9.17) is 4.74 Å². The molecule has 4 nitrogen and oxygen atoms in total. The van der Waals surface area contributed by atoms with Crippen molar-refractivity contribution >= 4 is 5.97 Å². The van der Waals surface area contributed by atoms with Gasteiger partial charge in [-0.25, -0.2) is 0 Å². The minimum atomic E-state index is -0.248. The second-order valence-corrected chi connectivity index (χ2v) is 12.5. The van der Waals surface area contributed by atoms with Gasteiger partial charge < -0.3 is 14.9 Å². The summed E-state index contributed by atoms with van der Waals surface area (Å²) in [5, 5.41) is 21.9. The van der Waals surface area contributed by atoms with Crippen LogP contribution < -0.4 is 0 Å². The number of aliphatic hydroxyl groups excluding tert-OH is 2. The molecule has 4 heteroatoms. The average molecular weight is 449 g/mol. The van der Waals surface area contributed by atoms with E-state index in [0.29, 0.717) is 42.6 Å². The first kappa shape index (κ1) is 24.5. The molecule has 4 saturated carbocycles. The van der Waals surface area contributed by atoms with E-state index in [-0.39, 0.29) is 29.0 Å². The molecular weight excluding hydrogens is 400 g/mol. The fraction of sp³-hybridized carbons (Fsp3) is 0.964. The number of ether oxygens (including phenoxy) is 1. The number of hydrogen-bond acceptors (Lipinski definition) is 4. The monoisotopic (exact) mass is 448 g/mol. The van der Waals surface area contributed by atoms with E-state index in [9.17, 15) is 15.0 Å². The lowest BCUT2D eigenvalue weighted by molar-refractivity contribution is -0.175. The minimum absolute atomic E-state index is 0.0237. The van der Waals surface area contributed by atoms with Crippen molar-refractivity contribution < 1.29 is 19.7 Å². The lowest BCUT2D eigenvalue weighted by Gasteiger charge is -2.62. The van der Waals surface area contributed by atoms with Gasteiger partial charge in [0.05, 0.1) is 18.8 Å². The van der Waals surface area contributed by atoms with Crippen molar-refractivity contribution in [1.82, 2.24) is 0 Å². The molecule has 4 aliphatic carbocycles. The summed E-state index contributed by atoms with van der Waals surface area (Å²) in [5.74, 6) is 3.42. The normalized spacial score (nSPS) is 46.6. The molecule has 0 aromatic heterocycles. The maximum atomic E-state index is 12.2. The third-order valence-electron chi connectivity index (χ3n) is 11.1. The zero-order chi connectivity index (χ0) is 23.1. The molecular formula is C28H48O4. The fourth-order valence-electron chi connectivity index (χ4n) is 9.11. The molecule has 0 aromatic carbocycles. The number of hydrogen-bond donors (Lipinski definition) is 2. The van der Waals surface area contributed by atoms with Crippen LogP contribution in [0.1, 0.15) is 105 Å². The molecule has 0 unspecified atom stereocenters. The van der Waals surface area contributed by atoms with E-state index in [1.54, 1.807) is 0 Å². The lowest BCUT2D eigenvalue weighted by Crippen LogP contribution is -2.58. The molecule has 0 amide bonds. The molecule has 0 radical (unpaired) electrons. The summed E-state index contributed by atoms with van der Waals surface area (Å²) in [6.07, 6.45) is 11.9. The first-order valence-corrected chi connectivity index (χ1v) is 13.7. The zero-order valence-corrected chi connectivity index (χ0v) is 21.0. The molecule has 4 rings (SSSR count). The van der Waals surface area contributed by atoms with Gasteiger partial charge in [-0.1, -0.05) is 34.1 Å². The summed E-state index contributed by atoms with van der Waals surface area (Å²) >= 11 is 0. The number of rotatable bonds is 7. The number of fused-ring (bicyclic) bond motifs is 5. The van der Waals surface area contributed by atoms with Crippen LogP contribution in [-0.2, 0) is 9.53 Å². The van der Waals surface area contributed by atoms with Crippen molar-refractivity contribution in [2.24, 2.45) is 46.3 Å². The Morgan fingerprint density at radius 2 is 1.84 bits per heavy atom. The van der Waals surface area contributed by atoms with Gasteiger partial charge in [-0.05, 0) is 111 Å². The summed E-state index contributed by atoms with van der Waals surface area (Å²) in [4.78, 5) is 12.2. The Morgan fingerprint density at radius 1 is 1.06 bits per heavy atom. The Bertz CT molecular complexity index is 664. The van der Waals surface area contributed by atoms with Crippen LogP contribution in [0.4, 0.5) is 0 Å². The fourth-order valence-corrected chi connectivity index (χ4v) is 9.11. The van der Waals surface area contributed by atoms with Crippen LogP contribution in [0.5, 0.6) is 0 Å². The van der Waals surface area contributed by atoms with E-state index < -0.39 is 0 Å².